The zero-order valence-corrected chi connectivity index (χ0v) is 11.1. The van der Waals surface area contributed by atoms with E-state index in [-0.39, 0.29) is 5.82 Å². The molecular formula is C17H14FNO. The molecule has 0 unspecified atom stereocenters. The summed E-state index contributed by atoms with van der Waals surface area (Å²) in [6, 6.07) is 10.7. The maximum atomic E-state index is 13.2. The van der Waals surface area contributed by atoms with Crippen molar-refractivity contribution in [3.63, 3.8) is 0 Å². The number of aromatic nitrogens is 1. The fourth-order valence-corrected chi connectivity index (χ4v) is 2.32. The molecule has 0 saturated heterocycles. The first-order chi connectivity index (χ1) is 9.69. The fraction of sp³-hybridized carbons (Fsp3) is 0.0588. The Labute approximate surface area is 116 Å². The molecule has 1 aromatic heterocycles. The van der Waals surface area contributed by atoms with Crippen molar-refractivity contribution in [2.24, 2.45) is 0 Å². The summed E-state index contributed by atoms with van der Waals surface area (Å²) in [7, 11) is 0. The van der Waals surface area contributed by atoms with Crippen molar-refractivity contribution in [1.82, 2.24) is 4.98 Å². The first-order valence-corrected chi connectivity index (χ1v) is 6.34. The molecule has 0 saturated carbocycles. The van der Waals surface area contributed by atoms with Gasteiger partial charge >= 0.3 is 0 Å². The van der Waals surface area contributed by atoms with Crippen molar-refractivity contribution in [3.8, 4) is 16.9 Å². The van der Waals surface area contributed by atoms with Gasteiger partial charge in [0.1, 0.15) is 11.6 Å². The highest BCUT2D eigenvalue weighted by molar-refractivity contribution is 5.95. The number of benzene rings is 2. The summed E-state index contributed by atoms with van der Waals surface area (Å²) in [6.45, 7) is 5.56. The van der Waals surface area contributed by atoms with E-state index in [4.69, 9.17) is 4.74 Å². The van der Waals surface area contributed by atoms with Gasteiger partial charge in [-0.2, -0.15) is 0 Å². The lowest BCUT2D eigenvalue weighted by Gasteiger charge is -2.07. The molecule has 0 aliphatic carbocycles. The van der Waals surface area contributed by atoms with Crippen LogP contribution in [0.1, 0.15) is 5.56 Å². The van der Waals surface area contributed by atoms with E-state index in [1.165, 1.54) is 18.4 Å². The van der Waals surface area contributed by atoms with Gasteiger partial charge < -0.3 is 9.72 Å². The topological polar surface area (TPSA) is 25.0 Å². The van der Waals surface area contributed by atoms with Crippen LogP contribution in [0.25, 0.3) is 22.0 Å². The highest BCUT2D eigenvalue weighted by Gasteiger charge is 2.09. The first kappa shape index (κ1) is 12.5. The molecule has 100 valence electrons. The molecule has 3 rings (SSSR count). The number of aryl methyl sites for hydroxylation is 1. The number of rotatable bonds is 3. The van der Waals surface area contributed by atoms with Crippen LogP contribution < -0.4 is 4.74 Å². The van der Waals surface area contributed by atoms with Crippen LogP contribution in [0.2, 0.25) is 0 Å². The summed E-state index contributed by atoms with van der Waals surface area (Å²) in [5, 5.41) is 0.986. The quantitative estimate of drug-likeness (QED) is 0.677. The van der Waals surface area contributed by atoms with E-state index in [1.54, 1.807) is 6.07 Å². The maximum Gasteiger partial charge on any atom is 0.130 e. The zero-order chi connectivity index (χ0) is 14.1. The number of fused-ring (bicyclic) bond motifs is 1. The van der Waals surface area contributed by atoms with E-state index in [0.717, 1.165) is 33.3 Å². The summed E-state index contributed by atoms with van der Waals surface area (Å²) in [4.78, 5) is 3.09. The molecule has 20 heavy (non-hydrogen) atoms. The Morgan fingerprint density at radius 1 is 1.20 bits per heavy atom. The Bertz CT molecular complexity index is 789. The lowest BCUT2D eigenvalue weighted by molar-refractivity contribution is 0.480. The van der Waals surface area contributed by atoms with Gasteiger partial charge in [-0.3, -0.25) is 0 Å². The largest absolute Gasteiger partial charge is 0.465 e. The molecule has 0 radical (unpaired) electrons. The van der Waals surface area contributed by atoms with Crippen LogP contribution in [0.15, 0.2) is 55.4 Å². The minimum atomic E-state index is -0.245. The lowest BCUT2D eigenvalue weighted by atomic mass is 10.0. The molecule has 0 aliphatic heterocycles. The van der Waals surface area contributed by atoms with Crippen LogP contribution in [0.4, 0.5) is 4.39 Å². The van der Waals surface area contributed by atoms with Crippen LogP contribution in [-0.2, 0) is 0 Å². The summed E-state index contributed by atoms with van der Waals surface area (Å²) in [5.74, 6) is 0.527. The molecule has 1 N–H and O–H groups in total. The van der Waals surface area contributed by atoms with Crippen LogP contribution in [0.3, 0.4) is 0 Å². The van der Waals surface area contributed by atoms with Crippen LogP contribution in [0, 0.1) is 12.7 Å². The van der Waals surface area contributed by atoms with Gasteiger partial charge in [0.25, 0.3) is 0 Å². The second-order valence-corrected chi connectivity index (χ2v) is 4.66. The van der Waals surface area contributed by atoms with E-state index in [2.05, 4.69) is 11.6 Å². The van der Waals surface area contributed by atoms with E-state index in [9.17, 15) is 4.39 Å². The average Bonchev–Trinajstić information content (AvgIpc) is 2.84. The molecule has 3 heteroatoms. The second kappa shape index (κ2) is 4.85. The third kappa shape index (κ3) is 2.07. The molecule has 0 aliphatic rings. The molecule has 0 atom stereocenters. The van der Waals surface area contributed by atoms with Crippen molar-refractivity contribution in [2.45, 2.75) is 6.92 Å². The minimum Gasteiger partial charge on any atom is -0.465 e. The Morgan fingerprint density at radius 2 is 2.05 bits per heavy atom. The molecule has 2 aromatic carbocycles. The molecule has 1 heterocycles. The van der Waals surface area contributed by atoms with Crippen molar-refractivity contribution in [1.29, 1.82) is 0 Å². The standard InChI is InChI=1S/C17H14FNO/c1-3-20-17-8-12(5-4-11(17)2)15-10-19-16-9-13(18)6-7-14(15)16/h3-10,19H,1H2,2H3. The van der Waals surface area contributed by atoms with Crippen LogP contribution >= 0.6 is 0 Å². The highest BCUT2D eigenvalue weighted by Crippen LogP contribution is 2.32. The summed E-state index contributed by atoms with van der Waals surface area (Å²) in [5.41, 5.74) is 3.87. The van der Waals surface area contributed by atoms with Gasteiger partial charge in [0, 0.05) is 22.7 Å². The number of halogens is 1. The van der Waals surface area contributed by atoms with Crippen molar-refractivity contribution in [2.75, 3.05) is 0 Å². The molecule has 0 bridgehead atoms. The predicted molar refractivity (Wildman–Crippen MR) is 79.3 cm³/mol. The molecular weight excluding hydrogens is 253 g/mol. The third-order valence-corrected chi connectivity index (χ3v) is 3.35. The molecule has 3 aromatic rings. The Hall–Kier alpha value is -2.55. The van der Waals surface area contributed by atoms with Gasteiger partial charge in [-0.1, -0.05) is 18.7 Å². The summed E-state index contributed by atoms with van der Waals surface area (Å²) >= 11 is 0. The number of H-pyrrole nitrogens is 1. The molecule has 0 spiro atoms. The first-order valence-electron chi connectivity index (χ1n) is 6.34. The Morgan fingerprint density at radius 3 is 2.85 bits per heavy atom. The Balaban J connectivity index is 2.15. The van der Waals surface area contributed by atoms with Gasteiger partial charge in [0.05, 0.1) is 6.26 Å². The van der Waals surface area contributed by atoms with Gasteiger partial charge in [0.2, 0.25) is 0 Å². The second-order valence-electron chi connectivity index (χ2n) is 4.66. The highest BCUT2D eigenvalue weighted by atomic mass is 19.1. The zero-order valence-electron chi connectivity index (χ0n) is 11.1. The number of aromatic amines is 1. The SMILES string of the molecule is C=COc1cc(-c2c[nH]c3cc(F)ccc23)ccc1C. The van der Waals surface area contributed by atoms with Gasteiger partial charge in [-0.25, -0.2) is 4.39 Å². The van der Waals surface area contributed by atoms with E-state index >= 15 is 0 Å². The Kier molecular flexibility index (Phi) is 3.03. The van der Waals surface area contributed by atoms with Crippen LogP contribution in [0.5, 0.6) is 5.75 Å². The number of hydrogen-bond acceptors (Lipinski definition) is 1. The van der Waals surface area contributed by atoms with Gasteiger partial charge in [-0.15, -0.1) is 0 Å². The maximum absolute atomic E-state index is 13.2. The lowest BCUT2D eigenvalue weighted by Crippen LogP contribution is -1.86. The van der Waals surface area contributed by atoms with Crippen molar-refractivity contribution in [3.05, 3.63) is 66.8 Å². The van der Waals surface area contributed by atoms with Crippen molar-refractivity contribution < 1.29 is 9.13 Å². The normalized spacial score (nSPS) is 10.7. The van der Waals surface area contributed by atoms with E-state index in [0.29, 0.717) is 0 Å². The molecule has 0 fully saturated rings. The predicted octanol–water partition coefficient (Wildman–Crippen LogP) is 4.80. The fourth-order valence-electron chi connectivity index (χ4n) is 2.32. The molecule has 2 nitrogen and oxygen atoms in total. The van der Waals surface area contributed by atoms with Gasteiger partial charge in [-0.05, 0) is 42.3 Å². The number of hydrogen-bond donors (Lipinski definition) is 1. The molecule has 0 amide bonds. The number of nitrogens with one attached hydrogen (secondary N) is 1. The summed E-state index contributed by atoms with van der Waals surface area (Å²) < 4.78 is 18.6. The minimum absolute atomic E-state index is 0.245. The third-order valence-electron chi connectivity index (χ3n) is 3.35. The smallest absolute Gasteiger partial charge is 0.130 e. The average molecular weight is 267 g/mol. The van der Waals surface area contributed by atoms with Gasteiger partial charge in [0.15, 0.2) is 0 Å². The van der Waals surface area contributed by atoms with E-state index in [1.807, 2.05) is 31.3 Å². The summed E-state index contributed by atoms with van der Waals surface area (Å²) in [6.07, 6.45) is 3.29. The monoisotopic (exact) mass is 267 g/mol. The number of ether oxygens (including phenoxy) is 1. The van der Waals surface area contributed by atoms with E-state index < -0.39 is 0 Å². The van der Waals surface area contributed by atoms with Crippen molar-refractivity contribution >= 4 is 10.9 Å². The van der Waals surface area contributed by atoms with Crippen LogP contribution in [-0.4, -0.2) is 4.98 Å².